The molecule has 62 heteroatoms. The van der Waals surface area contributed by atoms with E-state index in [0.29, 0.717) is 16.5 Å². The molecule has 24 amide bonds. The fourth-order valence-electron chi connectivity index (χ4n) is 13.9. The number of benzene rings is 1. The van der Waals surface area contributed by atoms with Crippen molar-refractivity contribution < 1.29 is 155 Å². The van der Waals surface area contributed by atoms with Crippen LogP contribution in [0.3, 0.4) is 0 Å². The molecule has 17 atom stereocenters. The zero-order valence-corrected chi connectivity index (χ0v) is 77.4. The Bertz CT molecular complexity index is 5090. The number of aromatic amines is 1. The van der Waals surface area contributed by atoms with E-state index in [1.54, 1.807) is 24.3 Å². The Labute approximate surface area is 811 Å². The van der Waals surface area contributed by atoms with E-state index in [1.165, 1.54) is 13.1 Å². The van der Waals surface area contributed by atoms with Crippen molar-refractivity contribution in [3.05, 3.63) is 36.0 Å². The predicted molar refractivity (Wildman–Crippen MR) is 486 cm³/mol. The number of para-hydroxylation sites is 1. The molecule has 62 nitrogen and oxygen atoms in total. The fourth-order valence-corrected chi connectivity index (χ4v) is 13.9. The number of guanidine groups is 1. The van der Waals surface area contributed by atoms with E-state index < -0.39 is 390 Å². The second-order valence-corrected chi connectivity index (χ2v) is 32.9. The lowest BCUT2D eigenvalue weighted by molar-refractivity contribution is -0.144. The number of unbranched alkanes of at least 4 members (excludes halogenated alkanes) is 1. The predicted octanol–water partition coefficient (Wildman–Crippen LogP) is -16.6. The molecule has 1 aliphatic heterocycles. The van der Waals surface area contributed by atoms with Crippen molar-refractivity contribution in [3.63, 3.8) is 0 Å². The summed E-state index contributed by atoms with van der Waals surface area (Å²) in [5, 5.41) is 81.7. The van der Waals surface area contributed by atoms with Gasteiger partial charge in [0.15, 0.2) is 5.96 Å². The monoisotopic (exact) mass is 2030 g/mol. The van der Waals surface area contributed by atoms with Crippen LogP contribution < -0.4 is 148 Å². The molecule has 2 heterocycles. The van der Waals surface area contributed by atoms with Gasteiger partial charge in [0.2, 0.25) is 142 Å². The Kier molecular flexibility index (Phi) is 50.0. The third-order valence-electron chi connectivity index (χ3n) is 21.1. The van der Waals surface area contributed by atoms with Gasteiger partial charge in [0, 0.05) is 55.9 Å². The molecule has 1 aromatic carbocycles. The maximum atomic E-state index is 14.7. The molecule has 44 N–H and O–H groups in total. The number of hydrogen-bond donors (Lipinski definition) is 33. The molecule has 3 rings (SSSR count). The van der Waals surface area contributed by atoms with E-state index >= 15 is 0 Å². The number of likely N-dealkylation sites (tertiary alicyclic amines) is 1. The van der Waals surface area contributed by atoms with Gasteiger partial charge in [-0.2, -0.15) is 0 Å². The molecule has 0 spiro atoms. The summed E-state index contributed by atoms with van der Waals surface area (Å²) < 4.78 is 0. The van der Waals surface area contributed by atoms with Gasteiger partial charge in [0.25, 0.3) is 0 Å². The number of carboxylic acid groups (broad SMARTS) is 4. The average molecular weight is 2030 g/mol. The molecule has 2 aromatic rings. The second-order valence-electron chi connectivity index (χ2n) is 32.9. The lowest BCUT2D eigenvalue weighted by atomic mass is 10.0. The van der Waals surface area contributed by atoms with E-state index in [4.69, 9.17) is 68.5 Å². The fraction of sp³-hybridized carbons (Fsp3) is 0.543. The zero-order valence-electron chi connectivity index (χ0n) is 77.4. The van der Waals surface area contributed by atoms with Crippen LogP contribution in [-0.2, 0) is 141 Å². The molecule has 1 saturated heterocycles. The Morgan fingerprint density at radius 1 is 0.371 bits per heavy atom. The second kappa shape index (κ2) is 59.4. The third-order valence-corrected chi connectivity index (χ3v) is 21.1. The third kappa shape index (κ3) is 43.8. The topological polar surface area (TPSA) is 1080 Å². The van der Waals surface area contributed by atoms with Gasteiger partial charge in [-0.3, -0.25) is 140 Å². The van der Waals surface area contributed by atoms with Crippen LogP contribution in [0.2, 0.25) is 0 Å². The number of rotatable bonds is 67. The van der Waals surface area contributed by atoms with Crippen molar-refractivity contribution in [3.8, 4) is 0 Å². The minimum atomic E-state index is -2.27. The number of nitrogens with two attached hydrogens (primary N) is 11. The first kappa shape index (κ1) is 120. The van der Waals surface area contributed by atoms with Gasteiger partial charge in [-0.1, -0.05) is 18.2 Å². The largest absolute Gasteiger partial charge is 0.481 e. The number of primary amides is 8. The van der Waals surface area contributed by atoms with Gasteiger partial charge >= 0.3 is 23.9 Å². The minimum Gasteiger partial charge on any atom is -0.481 e. The van der Waals surface area contributed by atoms with E-state index in [-0.39, 0.29) is 45.2 Å². The maximum absolute atomic E-state index is 14.7. The molecular weight excluding hydrogens is 1910 g/mol. The average Bonchev–Trinajstić information content (AvgIpc) is 1.69. The lowest BCUT2D eigenvalue weighted by Crippen LogP contribution is -2.61. The van der Waals surface area contributed by atoms with Crippen molar-refractivity contribution in [2.24, 2.45) is 63.1 Å². The molecule has 0 unspecified atom stereocenters. The highest BCUT2D eigenvalue weighted by atomic mass is 16.4. The Morgan fingerprint density at radius 2 is 0.685 bits per heavy atom. The zero-order chi connectivity index (χ0) is 108. The van der Waals surface area contributed by atoms with Gasteiger partial charge in [0.05, 0.1) is 57.4 Å². The van der Waals surface area contributed by atoms with Crippen LogP contribution in [0.4, 0.5) is 0 Å². The summed E-state index contributed by atoms with van der Waals surface area (Å²) in [5.41, 5.74) is 60.8. The van der Waals surface area contributed by atoms with Crippen LogP contribution >= 0.6 is 0 Å². The molecule has 0 saturated carbocycles. The normalized spacial score (nSPS) is 15.3. The Morgan fingerprint density at radius 3 is 1.06 bits per heavy atom. The van der Waals surface area contributed by atoms with E-state index in [2.05, 4.69) is 74.1 Å². The number of fused-ring (bicyclic) bond motifs is 1. The molecule has 0 radical (unpaired) electrons. The summed E-state index contributed by atoms with van der Waals surface area (Å²) in [4.78, 5) is 376. The number of carbonyl (C=O) groups excluding carboxylic acids is 24. The van der Waals surface area contributed by atoms with Crippen LogP contribution in [0.15, 0.2) is 30.5 Å². The summed E-state index contributed by atoms with van der Waals surface area (Å²) in [6.07, 6.45) is -14.0. The van der Waals surface area contributed by atoms with E-state index in [0.717, 1.165) is 11.8 Å². The standard InChI is InChI=1S/C81H122N30O32/c1-33(83)65(128)97-40(14-17-60(119)120)70(133)106-48(28-57(88)116)75(138)104-44(23-35-32-95-37-10-4-3-9-36(35)37)71(134)96-34(2)66(129)103-51(31-63(125)126)78(141)109-47(27-56(87)115)74(137)101-42(16-19-62(123)124)80(143)111-22-8-13-52(111)79(142)110-50(30-59(90)118)77(140)108-45(25-54(85)113)72(135)99-38(11-5-6-20-82)67(130)98-39(12-7-21-94-81(92)93)68(131)105-49(29-58(89)117)76(139)107-46(26-55(86)114)73(136)100-41(15-18-61(121)122)69(132)102-43(64(91)127)24-53(84)112/h3-4,9-10,32-34,38-52,95H,5-8,11-31,82-83H2,1-2H3,(H2,84,112)(H2,85,113)(H2,86,114)(H2,87,115)(H2,88,116)(H2,89,117)(H2,90,118)(H2,91,127)(H,96,134)(H,97,128)(H,98,130)(H,99,135)(H,100,136)(H,101,137)(H,102,132)(H,103,129)(H,104,138)(H,105,131)(H,106,133)(H,107,139)(H,108,140)(H,109,141)(H,110,142)(H,119,120)(H,121,122)(H,123,124)(H,125,126)(H4,92,93,94)/t33-,34-,38-,39-,40-,41-,42-,43-,44-,45-,46-,47-,48-,49-,50-,51-,52-/m0/s1. The summed E-state index contributed by atoms with van der Waals surface area (Å²) in [7, 11) is 0. The summed E-state index contributed by atoms with van der Waals surface area (Å²) in [6.45, 7) is 1.58. The highest BCUT2D eigenvalue weighted by Gasteiger charge is 2.44. The molecule has 1 aromatic heterocycles. The van der Waals surface area contributed by atoms with Gasteiger partial charge in [-0.25, -0.2) is 0 Å². The summed E-state index contributed by atoms with van der Waals surface area (Å²) in [5.74, 6) is -38.9. The molecule has 1 aliphatic rings. The van der Waals surface area contributed by atoms with Crippen LogP contribution in [0.25, 0.3) is 10.9 Å². The van der Waals surface area contributed by atoms with Crippen LogP contribution in [0, 0.1) is 5.41 Å². The number of H-pyrrole nitrogens is 1. The van der Waals surface area contributed by atoms with Crippen molar-refractivity contribution in [1.29, 1.82) is 5.41 Å². The Hall–Kier alpha value is -16.9. The number of aliphatic carboxylic acids is 4. The number of nitrogens with one attached hydrogen (secondary N) is 18. The molecule has 143 heavy (non-hydrogen) atoms. The number of amides is 24. The SMILES string of the molecule is C[C@H](N)C(=O)N[C@@H](CCC(=O)O)C(=O)N[C@@H](CC(N)=O)C(=O)N[C@@H](Cc1c[nH]c2ccccc12)C(=O)N[C@@H](C)C(=O)N[C@@H](CC(=O)O)C(=O)N[C@@H](CC(N)=O)C(=O)N[C@@H](CCC(=O)O)C(=O)N1CCC[C@H]1C(=O)N[C@@H](CC(N)=O)C(=O)N[C@@H](CC(N)=O)C(=O)N[C@@H](CCCCN)C(=O)N[C@@H](CCCNC(=N)N)C(=O)N[C@@H](CC(N)=O)C(=O)N[C@@H](CC(N)=O)C(=O)N[C@@H](CCC(=O)O)C(=O)N[C@@H](CC(N)=O)C(N)=O. The van der Waals surface area contributed by atoms with Gasteiger partial charge < -0.3 is 178 Å². The summed E-state index contributed by atoms with van der Waals surface area (Å²) >= 11 is 0. The maximum Gasteiger partial charge on any atom is 0.305 e. The Balaban J connectivity index is 1.98. The number of carboxylic acids is 4. The minimum absolute atomic E-state index is 0.0328. The van der Waals surface area contributed by atoms with E-state index in [1.807, 2.05) is 16.0 Å². The van der Waals surface area contributed by atoms with Crippen LogP contribution in [0.1, 0.15) is 154 Å². The van der Waals surface area contributed by atoms with Crippen molar-refractivity contribution >= 4 is 183 Å². The number of aromatic nitrogens is 1. The first-order valence-electron chi connectivity index (χ1n) is 44.0. The van der Waals surface area contributed by atoms with Gasteiger partial charge in [-0.15, -0.1) is 0 Å². The molecule has 788 valence electrons. The highest BCUT2D eigenvalue weighted by Crippen LogP contribution is 2.23. The van der Waals surface area contributed by atoms with Crippen LogP contribution in [0.5, 0.6) is 0 Å². The number of carbonyl (C=O) groups is 28. The first-order chi connectivity index (χ1) is 66.9. The number of hydrogen-bond acceptors (Lipinski definition) is 31. The van der Waals surface area contributed by atoms with Gasteiger partial charge in [-0.05, 0) is 96.2 Å². The van der Waals surface area contributed by atoms with Gasteiger partial charge in [0.1, 0.15) is 96.7 Å². The van der Waals surface area contributed by atoms with Crippen molar-refractivity contribution in [2.45, 2.75) is 258 Å². The quantitative estimate of drug-likeness (QED) is 0.0166. The summed E-state index contributed by atoms with van der Waals surface area (Å²) in [6, 6.07) is -26.4. The van der Waals surface area contributed by atoms with Crippen molar-refractivity contribution in [1.82, 2.24) is 95.0 Å². The molecular formula is C81H122N30O32. The van der Waals surface area contributed by atoms with Crippen LogP contribution in [-0.4, -0.2) is 324 Å². The van der Waals surface area contributed by atoms with Crippen molar-refractivity contribution in [2.75, 3.05) is 19.6 Å². The molecule has 0 bridgehead atoms. The number of nitrogens with zero attached hydrogens (tertiary/aromatic N) is 1. The first-order valence-corrected chi connectivity index (χ1v) is 44.0. The molecule has 0 aliphatic carbocycles. The lowest BCUT2D eigenvalue weighted by Gasteiger charge is -2.31. The smallest absolute Gasteiger partial charge is 0.305 e. The molecule has 1 fully saturated rings. The van der Waals surface area contributed by atoms with E-state index in [9.17, 15) is 155 Å². The highest BCUT2D eigenvalue weighted by molar-refractivity contribution is 6.05.